The second-order valence-corrected chi connectivity index (χ2v) is 8.08. The first kappa shape index (κ1) is 25.1. The van der Waals surface area contributed by atoms with Gasteiger partial charge in [0.05, 0.1) is 0 Å². The lowest BCUT2D eigenvalue weighted by atomic mass is 9.96. The molecule has 0 atom stereocenters. The summed E-state index contributed by atoms with van der Waals surface area (Å²) in [6.45, 7) is 0. The normalized spacial score (nSPS) is 10.0. The van der Waals surface area contributed by atoms with E-state index < -0.39 is 0 Å². The fourth-order valence-corrected chi connectivity index (χ4v) is 4.07. The Bertz CT molecular complexity index is 1450. The van der Waals surface area contributed by atoms with Crippen LogP contribution in [-0.4, -0.2) is 12.6 Å². The van der Waals surface area contributed by atoms with Crippen molar-refractivity contribution in [2.24, 2.45) is 11.7 Å². The molecule has 34 heavy (non-hydrogen) atoms. The molecule has 0 aromatic heterocycles. The maximum absolute atomic E-state index is 11.0. The van der Waals surface area contributed by atoms with Gasteiger partial charge in [0.2, 0.25) is 0 Å². The van der Waals surface area contributed by atoms with Gasteiger partial charge in [0, 0.05) is 21.2 Å². The van der Waals surface area contributed by atoms with Gasteiger partial charge in [-0.05, 0) is 56.9 Å². The van der Waals surface area contributed by atoms with E-state index in [1.165, 1.54) is 21.5 Å². The number of aldehydes is 2. The Kier molecular flexibility index (Phi) is 8.91. The molecule has 0 heterocycles. The molecule has 6 heteroatoms. The van der Waals surface area contributed by atoms with E-state index in [-0.39, 0.29) is 0 Å². The van der Waals surface area contributed by atoms with Crippen LogP contribution in [0.25, 0.3) is 32.7 Å². The summed E-state index contributed by atoms with van der Waals surface area (Å²) in [4.78, 5) is 22.0. The van der Waals surface area contributed by atoms with E-state index in [0.29, 0.717) is 21.7 Å². The van der Waals surface area contributed by atoms with E-state index in [9.17, 15) is 9.59 Å². The largest absolute Gasteiger partial charge is 0.298 e. The van der Waals surface area contributed by atoms with E-state index in [1.807, 2.05) is 18.2 Å². The molecule has 0 amide bonds. The van der Waals surface area contributed by atoms with Gasteiger partial charge in [-0.3, -0.25) is 21.3 Å². The van der Waals surface area contributed by atoms with E-state index >= 15 is 0 Å². The van der Waals surface area contributed by atoms with Crippen LogP contribution in [0.3, 0.4) is 0 Å². The molecule has 5 rings (SSSR count). The second-order valence-electron chi connectivity index (χ2n) is 7.21. The molecule has 0 saturated heterocycles. The first-order valence-electron chi connectivity index (χ1n) is 10.3. The molecule has 5 aromatic rings. The number of carbonyl (C=O) groups excluding carboxylic acids is 2. The van der Waals surface area contributed by atoms with E-state index in [2.05, 4.69) is 54.1 Å². The summed E-state index contributed by atoms with van der Waals surface area (Å²) < 4.78 is 0. The van der Waals surface area contributed by atoms with Crippen molar-refractivity contribution in [3.63, 3.8) is 0 Å². The van der Waals surface area contributed by atoms with Crippen molar-refractivity contribution in [3.8, 4) is 11.1 Å². The third-order valence-corrected chi connectivity index (χ3v) is 5.70. The first-order valence-corrected chi connectivity index (χ1v) is 11.1. The maximum atomic E-state index is 11.0. The van der Waals surface area contributed by atoms with Crippen LogP contribution in [-0.2, 0) is 0 Å². The van der Waals surface area contributed by atoms with Gasteiger partial charge < -0.3 is 0 Å². The van der Waals surface area contributed by atoms with Gasteiger partial charge in [-0.25, -0.2) is 0 Å². The number of carbonyl (C=O) groups is 2. The minimum atomic E-state index is 0.479. The van der Waals surface area contributed by atoms with Crippen LogP contribution in [0.2, 0.25) is 10.0 Å². The van der Waals surface area contributed by atoms with Crippen molar-refractivity contribution in [3.05, 3.63) is 118 Å². The molecule has 0 aliphatic rings. The summed E-state index contributed by atoms with van der Waals surface area (Å²) in [5.41, 5.74) is 2.48. The number of fused-ring (bicyclic) bond motifs is 3. The zero-order valence-electron chi connectivity index (χ0n) is 18.1. The van der Waals surface area contributed by atoms with Crippen LogP contribution < -0.4 is 11.7 Å². The van der Waals surface area contributed by atoms with Crippen molar-refractivity contribution >= 4 is 57.3 Å². The first-order chi connectivity index (χ1) is 16.6. The molecule has 0 bridgehead atoms. The standard InChI is InChI=1S/C14H9ClO2.C14H9Cl.H4N2/c15-12-5-6-14(11(7-12)9-17)13-4-2-1-3-10(13)8-16;15-12-7-8-14-11(9-12)6-5-10-3-1-2-4-13(10)14;1-2/h1-9H;1-9H;1-2H2. The number of hydrogen-bond acceptors (Lipinski definition) is 4. The summed E-state index contributed by atoms with van der Waals surface area (Å²) in [5.74, 6) is 8.00. The number of hydrazine groups is 1. The minimum Gasteiger partial charge on any atom is -0.298 e. The van der Waals surface area contributed by atoms with Gasteiger partial charge in [0.1, 0.15) is 0 Å². The average Bonchev–Trinajstić information content (AvgIpc) is 2.90. The average molecular weight is 489 g/mol. The Morgan fingerprint density at radius 3 is 1.85 bits per heavy atom. The third kappa shape index (κ3) is 5.68. The molecule has 0 aliphatic carbocycles. The summed E-state index contributed by atoms with van der Waals surface area (Å²) >= 11 is 11.8. The van der Waals surface area contributed by atoms with E-state index in [1.54, 1.807) is 36.4 Å². The fourth-order valence-electron chi connectivity index (χ4n) is 3.71. The molecule has 0 aliphatic heterocycles. The predicted molar refractivity (Wildman–Crippen MR) is 143 cm³/mol. The zero-order valence-corrected chi connectivity index (χ0v) is 19.6. The Hall–Kier alpha value is -3.54. The van der Waals surface area contributed by atoms with Crippen molar-refractivity contribution in [2.75, 3.05) is 0 Å². The second kappa shape index (κ2) is 12.1. The fraction of sp³-hybridized carbons (Fsp3) is 0. The minimum absolute atomic E-state index is 0.479. The molecule has 0 saturated carbocycles. The van der Waals surface area contributed by atoms with Crippen LogP contribution in [0, 0.1) is 0 Å². The molecular formula is C28H22Cl2N2O2. The summed E-state index contributed by atoms with van der Waals surface area (Å²) in [7, 11) is 0. The molecular weight excluding hydrogens is 467 g/mol. The van der Waals surface area contributed by atoms with Gasteiger partial charge in [0.25, 0.3) is 0 Å². The van der Waals surface area contributed by atoms with E-state index in [0.717, 1.165) is 23.2 Å². The Balaban J connectivity index is 0.000000179. The maximum Gasteiger partial charge on any atom is 0.150 e. The van der Waals surface area contributed by atoms with E-state index in [4.69, 9.17) is 23.2 Å². The van der Waals surface area contributed by atoms with Crippen LogP contribution in [0.1, 0.15) is 20.7 Å². The number of nitrogens with two attached hydrogens (primary N) is 2. The smallest absolute Gasteiger partial charge is 0.150 e. The zero-order chi connectivity index (χ0) is 24.5. The molecule has 0 fully saturated rings. The number of halogens is 2. The van der Waals surface area contributed by atoms with Gasteiger partial charge in [-0.15, -0.1) is 0 Å². The summed E-state index contributed by atoms with van der Waals surface area (Å²) in [6, 6.07) is 30.8. The lowest BCUT2D eigenvalue weighted by molar-refractivity contribution is 0.111. The van der Waals surface area contributed by atoms with Crippen LogP contribution in [0.5, 0.6) is 0 Å². The highest BCUT2D eigenvalue weighted by atomic mass is 35.5. The summed E-state index contributed by atoms with van der Waals surface area (Å²) in [5, 5.41) is 6.30. The number of benzene rings is 5. The summed E-state index contributed by atoms with van der Waals surface area (Å²) in [6.07, 6.45) is 1.52. The third-order valence-electron chi connectivity index (χ3n) is 5.23. The Morgan fingerprint density at radius 1 is 0.529 bits per heavy atom. The number of rotatable bonds is 3. The monoisotopic (exact) mass is 488 g/mol. The van der Waals surface area contributed by atoms with Crippen molar-refractivity contribution in [2.45, 2.75) is 0 Å². The number of hydrogen-bond donors (Lipinski definition) is 2. The van der Waals surface area contributed by atoms with Gasteiger partial charge in [0.15, 0.2) is 12.6 Å². The predicted octanol–water partition coefficient (Wildman–Crippen LogP) is 7.10. The van der Waals surface area contributed by atoms with Crippen molar-refractivity contribution < 1.29 is 9.59 Å². The highest BCUT2D eigenvalue weighted by Gasteiger charge is 2.09. The molecule has 5 aromatic carbocycles. The quantitative estimate of drug-likeness (QED) is 0.123. The Labute approximate surface area is 207 Å². The molecule has 0 radical (unpaired) electrons. The van der Waals surface area contributed by atoms with Crippen LogP contribution in [0.4, 0.5) is 0 Å². The Morgan fingerprint density at radius 2 is 1.09 bits per heavy atom. The lowest BCUT2D eigenvalue weighted by Crippen LogP contribution is -2.02. The SMILES string of the molecule is Clc1ccc2c(ccc3ccccc32)c1.NN.O=Cc1ccccc1-c1ccc(Cl)cc1C=O. The molecule has 0 unspecified atom stereocenters. The van der Waals surface area contributed by atoms with Crippen LogP contribution >= 0.6 is 23.2 Å². The molecule has 0 spiro atoms. The van der Waals surface area contributed by atoms with Gasteiger partial charge in [-0.2, -0.15) is 0 Å². The molecule has 170 valence electrons. The topological polar surface area (TPSA) is 86.2 Å². The molecule has 4 nitrogen and oxygen atoms in total. The van der Waals surface area contributed by atoms with Crippen molar-refractivity contribution in [1.29, 1.82) is 0 Å². The van der Waals surface area contributed by atoms with Crippen molar-refractivity contribution in [1.82, 2.24) is 0 Å². The highest BCUT2D eigenvalue weighted by molar-refractivity contribution is 6.31. The lowest BCUT2D eigenvalue weighted by Gasteiger charge is -2.07. The van der Waals surface area contributed by atoms with Gasteiger partial charge >= 0.3 is 0 Å². The van der Waals surface area contributed by atoms with Gasteiger partial charge in [-0.1, -0.05) is 96.0 Å². The highest BCUT2D eigenvalue weighted by Crippen LogP contribution is 2.28. The molecule has 4 N–H and O–H groups in total. The van der Waals surface area contributed by atoms with Crippen LogP contribution in [0.15, 0.2) is 97.1 Å².